The summed E-state index contributed by atoms with van der Waals surface area (Å²) in [5.74, 6) is -1.47. The summed E-state index contributed by atoms with van der Waals surface area (Å²) in [6, 6.07) is 12.6. The number of hydrogen-bond donors (Lipinski definition) is 2. The van der Waals surface area contributed by atoms with Crippen LogP contribution in [0.3, 0.4) is 0 Å². The van der Waals surface area contributed by atoms with Crippen LogP contribution in [-0.4, -0.2) is 40.2 Å². The Morgan fingerprint density at radius 2 is 1.71 bits per heavy atom. The van der Waals surface area contributed by atoms with Crippen LogP contribution in [0, 0.1) is 18.6 Å². The minimum atomic E-state index is -0.757. The van der Waals surface area contributed by atoms with Gasteiger partial charge in [-0.05, 0) is 43.2 Å². The number of aromatic hydroxyl groups is 1. The molecule has 0 unspecified atom stereocenters. The van der Waals surface area contributed by atoms with Crippen molar-refractivity contribution in [2.45, 2.75) is 20.3 Å². The van der Waals surface area contributed by atoms with Crippen LogP contribution in [0.1, 0.15) is 28.7 Å². The molecule has 11 heteroatoms. The number of carbonyl (C=O) groups is 1. The van der Waals surface area contributed by atoms with Crippen molar-refractivity contribution in [2.24, 2.45) is 0 Å². The van der Waals surface area contributed by atoms with Crippen LogP contribution in [0.25, 0.3) is 22.2 Å². The van der Waals surface area contributed by atoms with Gasteiger partial charge in [0.2, 0.25) is 0 Å². The van der Waals surface area contributed by atoms with Crippen molar-refractivity contribution >= 4 is 22.6 Å². The molecule has 0 aliphatic carbocycles. The number of halogens is 2. The molecule has 0 saturated heterocycles. The molecule has 5 rings (SSSR count). The normalized spacial score (nSPS) is 10.9. The van der Waals surface area contributed by atoms with E-state index in [1.807, 2.05) is 0 Å². The Labute approximate surface area is 239 Å². The maximum atomic E-state index is 15.2. The molecule has 3 aromatic heterocycles. The molecule has 3 heterocycles. The van der Waals surface area contributed by atoms with Crippen LogP contribution >= 0.6 is 0 Å². The van der Waals surface area contributed by atoms with E-state index < -0.39 is 17.5 Å². The van der Waals surface area contributed by atoms with Crippen LogP contribution in [0.5, 0.6) is 28.9 Å². The number of amides is 1. The zero-order chi connectivity index (χ0) is 30.0. The molecule has 9 nitrogen and oxygen atoms in total. The number of anilines is 1. The molecule has 0 aliphatic rings. The number of methoxy groups -OCH3 is 2. The number of aromatic nitrogens is 3. The highest BCUT2D eigenvalue weighted by Crippen LogP contribution is 2.38. The van der Waals surface area contributed by atoms with E-state index in [1.54, 1.807) is 19.9 Å². The number of hydrogen-bond acceptors (Lipinski definition) is 8. The highest BCUT2D eigenvalue weighted by Gasteiger charge is 2.24. The van der Waals surface area contributed by atoms with Crippen LogP contribution in [-0.2, 0) is 6.42 Å². The zero-order valence-electron chi connectivity index (χ0n) is 23.2. The molecule has 0 bridgehead atoms. The number of carbonyl (C=O) groups excluding carboxylic acids is 1. The average molecular weight is 573 g/mol. The molecular formula is C31H26F2N4O5. The second-order valence-corrected chi connectivity index (χ2v) is 9.18. The summed E-state index contributed by atoms with van der Waals surface area (Å²) in [7, 11) is 2.92. The Balaban J connectivity index is 1.43. The van der Waals surface area contributed by atoms with Gasteiger partial charge in [0.1, 0.15) is 22.6 Å². The minimum absolute atomic E-state index is 0.0538. The fourth-order valence-corrected chi connectivity index (χ4v) is 4.56. The van der Waals surface area contributed by atoms with Crippen molar-refractivity contribution in [1.29, 1.82) is 0 Å². The molecular weight excluding hydrogens is 546 g/mol. The quantitative estimate of drug-likeness (QED) is 0.214. The fourth-order valence-electron chi connectivity index (χ4n) is 4.56. The van der Waals surface area contributed by atoms with E-state index in [0.29, 0.717) is 45.7 Å². The second-order valence-electron chi connectivity index (χ2n) is 9.18. The highest BCUT2D eigenvalue weighted by molar-refractivity contribution is 6.08. The third-order valence-corrected chi connectivity index (χ3v) is 6.55. The Bertz CT molecular complexity index is 1810. The first kappa shape index (κ1) is 28.2. The van der Waals surface area contributed by atoms with Gasteiger partial charge in [-0.15, -0.1) is 0 Å². The molecule has 0 spiro atoms. The Morgan fingerprint density at radius 3 is 2.38 bits per heavy atom. The molecule has 1 amide bonds. The monoisotopic (exact) mass is 572 g/mol. The molecule has 0 fully saturated rings. The maximum absolute atomic E-state index is 15.2. The van der Waals surface area contributed by atoms with Gasteiger partial charge in [-0.1, -0.05) is 19.1 Å². The van der Waals surface area contributed by atoms with Crippen molar-refractivity contribution in [3.63, 3.8) is 0 Å². The Morgan fingerprint density at radius 1 is 0.952 bits per heavy atom. The molecule has 0 saturated carbocycles. The predicted octanol–water partition coefficient (Wildman–Crippen LogP) is 6.61. The standard InChI is InChI=1S/C31H26F2N4O5/c1-5-21-27(29(38)26(16(2)35-21)17-6-8-18(32)9-7-17)30(39)36-19-10-11-23(20(33)14-19)42-24-12-13-34-22-15-25(40-3)31(41-4)37-28(22)24/h6-15H,5H2,1-4H3,(H,35,38)(H,36,39). The van der Waals surface area contributed by atoms with Crippen LogP contribution in [0.2, 0.25) is 0 Å². The van der Waals surface area contributed by atoms with Crippen molar-refractivity contribution in [2.75, 3.05) is 19.5 Å². The lowest BCUT2D eigenvalue weighted by atomic mass is 9.97. The topological polar surface area (TPSA) is 116 Å². The van der Waals surface area contributed by atoms with Gasteiger partial charge in [0, 0.05) is 41.3 Å². The van der Waals surface area contributed by atoms with Gasteiger partial charge in [0.25, 0.3) is 11.8 Å². The van der Waals surface area contributed by atoms with Gasteiger partial charge in [0.05, 0.1) is 25.4 Å². The van der Waals surface area contributed by atoms with E-state index in [4.69, 9.17) is 14.2 Å². The second kappa shape index (κ2) is 11.7. The van der Waals surface area contributed by atoms with Gasteiger partial charge < -0.3 is 24.6 Å². The molecule has 2 aromatic carbocycles. The maximum Gasteiger partial charge on any atom is 0.261 e. The summed E-state index contributed by atoms with van der Waals surface area (Å²) in [5.41, 5.74) is 2.50. The number of rotatable bonds is 8. The smallest absolute Gasteiger partial charge is 0.261 e. The highest BCUT2D eigenvalue weighted by atomic mass is 19.1. The molecule has 0 atom stereocenters. The average Bonchev–Trinajstić information content (AvgIpc) is 2.98. The minimum Gasteiger partial charge on any atom is -0.506 e. The van der Waals surface area contributed by atoms with Crippen molar-refractivity contribution < 1.29 is 32.9 Å². The zero-order valence-corrected chi connectivity index (χ0v) is 23.2. The summed E-state index contributed by atoms with van der Waals surface area (Å²) in [4.78, 5) is 26.5. The lowest BCUT2D eigenvalue weighted by Gasteiger charge is -2.16. The largest absolute Gasteiger partial charge is 0.506 e. The number of aryl methyl sites for hydroxylation is 2. The van der Waals surface area contributed by atoms with Crippen molar-refractivity contribution in [3.8, 4) is 40.0 Å². The molecule has 42 heavy (non-hydrogen) atoms. The molecule has 0 aliphatic heterocycles. The van der Waals surface area contributed by atoms with Gasteiger partial charge >= 0.3 is 0 Å². The van der Waals surface area contributed by atoms with Crippen LogP contribution in [0.4, 0.5) is 14.5 Å². The number of benzene rings is 2. The molecule has 5 aromatic rings. The predicted molar refractivity (Wildman–Crippen MR) is 152 cm³/mol. The molecule has 214 valence electrons. The lowest BCUT2D eigenvalue weighted by Crippen LogP contribution is -2.16. The van der Waals surface area contributed by atoms with Gasteiger partial charge in [-0.3, -0.25) is 14.8 Å². The van der Waals surface area contributed by atoms with Gasteiger partial charge in [-0.2, -0.15) is 0 Å². The first-order valence-electron chi connectivity index (χ1n) is 12.9. The third-order valence-electron chi connectivity index (χ3n) is 6.55. The fraction of sp³-hybridized carbons (Fsp3) is 0.161. The molecule has 0 radical (unpaired) electrons. The van der Waals surface area contributed by atoms with Crippen LogP contribution < -0.4 is 19.5 Å². The van der Waals surface area contributed by atoms with E-state index in [1.165, 1.54) is 62.9 Å². The van der Waals surface area contributed by atoms with Crippen LogP contribution in [0.15, 0.2) is 60.8 Å². The number of nitrogens with one attached hydrogen (secondary N) is 1. The number of pyridine rings is 3. The first-order valence-corrected chi connectivity index (χ1v) is 12.9. The number of ether oxygens (including phenoxy) is 3. The van der Waals surface area contributed by atoms with Gasteiger partial charge in [-0.25, -0.2) is 13.8 Å². The van der Waals surface area contributed by atoms with Crippen molar-refractivity contribution in [1.82, 2.24) is 15.0 Å². The SMILES string of the molecule is CCc1nc(C)c(-c2ccc(F)cc2)c(O)c1C(=O)Nc1ccc(Oc2ccnc3cc(OC)c(OC)nc23)c(F)c1. The summed E-state index contributed by atoms with van der Waals surface area (Å²) in [5, 5.41) is 13.8. The lowest BCUT2D eigenvalue weighted by molar-refractivity contribution is 0.102. The third kappa shape index (κ3) is 5.36. The van der Waals surface area contributed by atoms with E-state index >= 15 is 4.39 Å². The van der Waals surface area contributed by atoms with E-state index in [2.05, 4.69) is 20.3 Å². The van der Waals surface area contributed by atoms with Gasteiger partial charge in [0.15, 0.2) is 23.1 Å². The number of fused-ring (bicyclic) bond motifs is 1. The van der Waals surface area contributed by atoms with Crippen molar-refractivity contribution in [3.05, 3.63) is 89.4 Å². The summed E-state index contributed by atoms with van der Waals surface area (Å²) >= 11 is 0. The first-order chi connectivity index (χ1) is 20.2. The summed E-state index contributed by atoms with van der Waals surface area (Å²) < 4.78 is 45.0. The Hall–Kier alpha value is -5.32. The Kier molecular flexibility index (Phi) is 7.83. The number of nitrogens with zero attached hydrogens (tertiary/aromatic N) is 3. The summed E-state index contributed by atoms with van der Waals surface area (Å²) in [6.45, 7) is 3.49. The van der Waals surface area contributed by atoms with E-state index in [-0.39, 0.29) is 34.4 Å². The molecule has 2 N–H and O–H groups in total. The van der Waals surface area contributed by atoms with E-state index in [9.17, 15) is 14.3 Å². The summed E-state index contributed by atoms with van der Waals surface area (Å²) in [6.07, 6.45) is 1.85. The van der Waals surface area contributed by atoms with E-state index in [0.717, 1.165) is 6.07 Å².